The van der Waals surface area contributed by atoms with Crippen molar-refractivity contribution in [3.05, 3.63) is 21.4 Å². The first-order valence-electron chi connectivity index (χ1n) is 8.88. The van der Waals surface area contributed by atoms with E-state index >= 15 is 0 Å². The fourth-order valence-electron chi connectivity index (χ4n) is 3.17. The van der Waals surface area contributed by atoms with Gasteiger partial charge in [-0.15, -0.1) is 0 Å². The zero-order valence-corrected chi connectivity index (χ0v) is 17.6. The quantitative estimate of drug-likeness (QED) is 0.717. The van der Waals surface area contributed by atoms with Crippen LogP contribution in [0.5, 0.6) is 0 Å². The number of carboxylic acid groups (broad SMARTS) is 1. The lowest BCUT2D eigenvalue weighted by Gasteiger charge is -2.39. The van der Waals surface area contributed by atoms with Gasteiger partial charge >= 0.3 is 11.9 Å². The van der Waals surface area contributed by atoms with Crippen molar-refractivity contribution in [2.45, 2.75) is 60.0 Å². The predicted molar refractivity (Wildman–Crippen MR) is 104 cm³/mol. The van der Waals surface area contributed by atoms with E-state index < -0.39 is 5.97 Å². The first-order chi connectivity index (χ1) is 12.0. The first-order valence-corrected chi connectivity index (χ1v) is 9.68. The smallest absolute Gasteiger partial charge is 0.355 e. The molecule has 0 aromatic carbocycles. The highest BCUT2D eigenvalue weighted by Gasteiger charge is 2.31. The Bertz CT molecular complexity index is 706. The molecule has 2 heterocycles. The van der Waals surface area contributed by atoms with Crippen LogP contribution in [0.4, 0.5) is 5.69 Å². The van der Waals surface area contributed by atoms with Crippen molar-refractivity contribution in [3.8, 4) is 0 Å². The zero-order valence-electron chi connectivity index (χ0n) is 16.1. The second-order valence-electron chi connectivity index (χ2n) is 7.86. The molecule has 0 saturated carbocycles. The molecule has 0 aliphatic carbocycles. The monoisotopic (exact) mass is 426 g/mol. The van der Waals surface area contributed by atoms with Gasteiger partial charge in [0.25, 0.3) is 0 Å². The number of esters is 1. The van der Waals surface area contributed by atoms with Gasteiger partial charge < -0.3 is 14.7 Å². The van der Waals surface area contributed by atoms with E-state index in [1.807, 2.05) is 0 Å². The standard InChI is InChI=1S/C19H27BrN2O4/c1-11(2)26-14(23)10-13-12(3)21-16(18(24)25)15(20)17(13)22-8-6-19(4,5)7-9-22/h11H,6-10H2,1-5H3,(H,24,25). The number of aromatic carboxylic acids is 1. The summed E-state index contributed by atoms with van der Waals surface area (Å²) in [4.78, 5) is 30.2. The Morgan fingerprint density at radius 2 is 1.88 bits per heavy atom. The molecule has 144 valence electrons. The van der Waals surface area contributed by atoms with Gasteiger partial charge in [0, 0.05) is 24.3 Å². The van der Waals surface area contributed by atoms with Crippen LogP contribution in [0, 0.1) is 12.3 Å². The van der Waals surface area contributed by atoms with Crippen LogP contribution in [0.3, 0.4) is 0 Å². The van der Waals surface area contributed by atoms with Gasteiger partial charge in [-0.25, -0.2) is 9.78 Å². The van der Waals surface area contributed by atoms with Crippen LogP contribution in [0.1, 0.15) is 62.3 Å². The second-order valence-corrected chi connectivity index (χ2v) is 8.65. The molecular weight excluding hydrogens is 400 g/mol. The number of hydrogen-bond acceptors (Lipinski definition) is 5. The number of carbonyl (C=O) groups is 2. The summed E-state index contributed by atoms with van der Waals surface area (Å²) in [6.45, 7) is 11.4. The molecule has 0 amide bonds. The van der Waals surface area contributed by atoms with Crippen molar-refractivity contribution in [2.24, 2.45) is 5.41 Å². The second kappa shape index (κ2) is 7.94. The number of carbonyl (C=O) groups excluding carboxylic acids is 1. The largest absolute Gasteiger partial charge is 0.476 e. The van der Waals surface area contributed by atoms with E-state index in [0.717, 1.165) is 37.2 Å². The number of rotatable bonds is 5. The maximum absolute atomic E-state index is 12.2. The average molecular weight is 427 g/mol. The van der Waals surface area contributed by atoms with Crippen molar-refractivity contribution < 1.29 is 19.4 Å². The van der Waals surface area contributed by atoms with E-state index in [0.29, 0.717) is 10.2 Å². The molecule has 0 radical (unpaired) electrons. The molecule has 0 spiro atoms. The van der Waals surface area contributed by atoms with Gasteiger partial charge in [-0.2, -0.15) is 0 Å². The summed E-state index contributed by atoms with van der Waals surface area (Å²) in [6, 6.07) is 0. The molecule has 0 atom stereocenters. The van der Waals surface area contributed by atoms with E-state index in [-0.39, 0.29) is 29.6 Å². The minimum absolute atomic E-state index is 0.0247. The summed E-state index contributed by atoms with van der Waals surface area (Å²) >= 11 is 3.43. The number of hydrogen-bond donors (Lipinski definition) is 1. The van der Waals surface area contributed by atoms with E-state index in [4.69, 9.17) is 4.74 Å². The third-order valence-electron chi connectivity index (χ3n) is 4.74. The van der Waals surface area contributed by atoms with Crippen LogP contribution in [0.15, 0.2) is 4.47 Å². The van der Waals surface area contributed by atoms with Crippen LogP contribution < -0.4 is 4.90 Å². The Hall–Kier alpha value is -1.63. The number of piperidine rings is 1. The fourth-order valence-corrected chi connectivity index (χ4v) is 3.92. The van der Waals surface area contributed by atoms with Crippen molar-refractivity contribution in [3.63, 3.8) is 0 Å². The van der Waals surface area contributed by atoms with Gasteiger partial charge in [0.15, 0.2) is 5.69 Å². The Labute approximate surface area is 163 Å². The van der Waals surface area contributed by atoms with Crippen molar-refractivity contribution in [2.75, 3.05) is 18.0 Å². The lowest BCUT2D eigenvalue weighted by atomic mass is 9.82. The van der Waals surface area contributed by atoms with Crippen LogP contribution >= 0.6 is 15.9 Å². The number of carboxylic acids is 1. The Kier molecular flexibility index (Phi) is 6.32. The van der Waals surface area contributed by atoms with E-state index in [1.165, 1.54) is 0 Å². The molecular formula is C19H27BrN2O4. The average Bonchev–Trinajstić information content (AvgIpc) is 2.50. The molecule has 6 nitrogen and oxygen atoms in total. The highest BCUT2D eigenvalue weighted by atomic mass is 79.9. The fraction of sp³-hybridized carbons (Fsp3) is 0.632. The van der Waals surface area contributed by atoms with Crippen LogP contribution in [-0.2, 0) is 16.0 Å². The lowest BCUT2D eigenvalue weighted by Crippen LogP contribution is -2.38. The van der Waals surface area contributed by atoms with Crippen molar-refractivity contribution in [1.29, 1.82) is 0 Å². The summed E-state index contributed by atoms with van der Waals surface area (Å²) in [5.41, 5.74) is 2.27. The summed E-state index contributed by atoms with van der Waals surface area (Å²) in [6.07, 6.45) is 1.87. The normalized spacial score (nSPS) is 16.7. The summed E-state index contributed by atoms with van der Waals surface area (Å²) in [5.74, 6) is -1.42. The molecule has 1 aromatic rings. The number of pyridine rings is 1. The molecule has 1 fully saturated rings. The van der Waals surface area contributed by atoms with Crippen LogP contribution in [0.2, 0.25) is 0 Å². The molecule has 1 N–H and O–H groups in total. The van der Waals surface area contributed by atoms with E-state index in [1.54, 1.807) is 20.8 Å². The highest BCUT2D eigenvalue weighted by Crippen LogP contribution is 2.39. The number of aryl methyl sites for hydroxylation is 1. The van der Waals surface area contributed by atoms with Crippen LogP contribution in [0.25, 0.3) is 0 Å². The van der Waals surface area contributed by atoms with E-state index in [2.05, 4.69) is 39.7 Å². The molecule has 1 aliphatic heterocycles. The third-order valence-corrected chi connectivity index (χ3v) is 5.49. The van der Waals surface area contributed by atoms with Gasteiger partial charge in [-0.3, -0.25) is 4.79 Å². The van der Waals surface area contributed by atoms with Gasteiger partial charge in [0.2, 0.25) is 0 Å². The molecule has 7 heteroatoms. The predicted octanol–water partition coefficient (Wildman–Crippen LogP) is 3.97. The van der Waals surface area contributed by atoms with Gasteiger partial charge in [0.1, 0.15) is 0 Å². The number of halogens is 1. The Morgan fingerprint density at radius 3 is 2.38 bits per heavy atom. The maximum atomic E-state index is 12.2. The molecule has 1 saturated heterocycles. The zero-order chi connectivity index (χ0) is 19.6. The molecule has 1 aromatic heterocycles. The Balaban J connectivity index is 2.47. The maximum Gasteiger partial charge on any atom is 0.355 e. The minimum Gasteiger partial charge on any atom is -0.476 e. The lowest BCUT2D eigenvalue weighted by molar-refractivity contribution is -0.146. The number of aromatic nitrogens is 1. The Morgan fingerprint density at radius 1 is 1.31 bits per heavy atom. The van der Waals surface area contributed by atoms with Crippen LogP contribution in [-0.4, -0.2) is 41.2 Å². The highest BCUT2D eigenvalue weighted by molar-refractivity contribution is 9.10. The van der Waals surface area contributed by atoms with Gasteiger partial charge in [-0.05, 0) is 55.0 Å². The molecule has 2 rings (SSSR count). The SMILES string of the molecule is Cc1nc(C(=O)O)c(Br)c(N2CCC(C)(C)CC2)c1CC(=O)OC(C)C. The van der Waals surface area contributed by atoms with Crippen molar-refractivity contribution in [1.82, 2.24) is 4.98 Å². The first kappa shape index (κ1) is 20.7. The number of ether oxygens (including phenoxy) is 1. The summed E-state index contributed by atoms with van der Waals surface area (Å²) in [5, 5.41) is 9.49. The van der Waals surface area contributed by atoms with Gasteiger partial charge in [0.05, 0.1) is 22.7 Å². The molecule has 26 heavy (non-hydrogen) atoms. The minimum atomic E-state index is -1.09. The third kappa shape index (κ3) is 4.75. The topological polar surface area (TPSA) is 79.7 Å². The van der Waals surface area contributed by atoms with E-state index in [9.17, 15) is 14.7 Å². The summed E-state index contributed by atoms with van der Waals surface area (Å²) < 4.78 is 5.72. The van der Waals surface area contributed by atoms with Gasteiger partial charge in [-0.1, -0.05) is 13.8 Å². The molecule has 0 bridgehead atoms. The van der Waals surface area contributed by atoms with Crippen molar-refractivity contribution >= 4 is 33.6 Å². The molecule has 1 aliphatic rings. The number of nitrogens with zero attached hydrogens (tertiary/aromatic N) is 2. The number of anilines is 1. The molecule has 0 unspecified atom stereocenters. The summed E-state index contributed by atoms with van der Waals surface area (Å²) in [7, 11) is 0.